The zero-order valence-corrected chi connectivity index (χ0v) is 6.46. The Labute approximate surface area is 68.2 Å². The lowest BCUT2D eigenvalue weighted by Crippen LogP contribution is -2.13. The van der Waals surface area contributed by atoms with E-state index < -0.39 is 11.5 Å². The van der Waals surface area contributed by atoms with E-state index in [1.807, 2.05) is 0 Å². The molecule has 1 aromatic heterocycles. The van der Waals surface area contributed by atoms with Gasteiger partial charge in [-0.05, 0) is 6.07 Å². The second-order valence-corrected chi connectivity index (χ2v) is 2.16. The number of nitrogens with two attached hydrogens (primary N) is 1. The van der Waals surface area contributed by atoms with E-state index in [0.29, 0.717) is 0 Å². The minimum atomic E-state index is -0.530. The van der Waals surface area contributed by atoms with Crippen LogP contribution >= 0.6 is 0 Å². The van der Waals surface area contributed by atoms with Crippen LogP contribution in [0.2, 0.25) is 0 Å². The van der Waals surface area contributed by atoms with E-state index in [-0.39, 0.29) is 11.3 Å². The number of aromatic nitrogens is 1. The molecule has 0 aromatic carbocycles. The number of H-pyrrole nitrogens is 1. The van der Waals surface area contributed by atoms with Crippen molar-refractivity contribution in [3.8, 4) is 0 Å². The lowest BCUT2D eigenvalue weighted by atomic mass is 10.3. The zero-order chi connectivity index (χ0) is 9.14. The van der Waals surface area contributed by atoms with Crippen LogP contribution < -0.4 is 11.3 Å². The maximum absolute atomic E-state index is 10.9. The average molecular weight is 168 g/mol. The molecule has 64 valence electrons. The third kappa shape index (κ3) is 1.45. The lowest BCUT2D eigenvalue weighted by Gasteiger charge is -1.98. The van der Waals surface area contributed by atoms with E-state index >= 15 is 0 Å². The van der Waals surface area contributed by atoms with Gasteiger partial charge in [-0.15, -0.1) is 0 Å². The highest BCUT2D eigenvalue weighted by atomic mass is 16.5. The largest absolute Gasteiger partial charge is 0.465 e. The van der Waals surface area contributed by atoms with Crippen molar-refractivity contribution in [1.82, 2.24) is 4.98 Å². The van der Waals surface area contributed by atoms with Gasteiger partial charge in [0.1, 0.15) is 0 Å². The van der Waals surface area contributed by atoms with Gasteiger partial charge in [0, 0.05) is 6.20 Å². The topological polar surface area (TPSA) is 85.2 Å². The van der Waals surface area contributed by atoms with E-state index in [9.17, 15) is 9.59 Å². The Morgan fingerprint density at radius 1 is 1.67 bits per heavy atom. The molecule has 1 heterocycles. The summed E-state index contributed by atoms with van der Waals surface area (Å²) in [5.74, 6) is -0.530. The summed E-state index contributed by atoms with van der Waals surface area (Å²) in [6, 6.07) is 1.27. The first-order chi connectivity index (χ1) is 5.65. The summed E-state index contributed by atoms with van der Waals surface area (Å²) in [4.78, 5) is 23.9. The Balaban J connectivity index is 3.13. The molecule has 0 radical (unpaired) electrons. The molecule has 1 rings (SSSR count). The van der Waals surface area contributed by atoms with E-state index in [1.165, 1.54) is 19.4 Å². The maximum atomic E-state index is 10.9. The molecule has 0 aliphatic carbocycles. The first-order valence-electron chi connectivity index (χ1n) is 3.21. The molecule has 0 amide bonds. The molecular formula is C7H8N2O3. The number of anilines is 1. The summed E-state index contributed by atoms with van der Waals surface area (Å²) >= 11 is 0. The molecular weight excluding hydrogens is 160 g/mol. The molecule has 0 aliphatic rings. The summed E-state index contributed by atoms with van der Waals surface area (Å²) in [5, 5.41) is 0. The van der Waals surface area contributed by atoms with Crippen LogP contribution in [-0.4, -0.2) is 18.1 Å². The molecule has 12 heavy (non-hydrogen) atoms. The van der Waals surface area contributed by atoms with Crippen molar-refractivity contribution in [3.05, 3.63) is 28.2 Å². The van der Waals surface area contributed by atoms with Crippen LogP contribution in [0.5, 0.6) is 0 Å². The molecule has 1 aromatic rings. The second kappa shape index (κ2) is 3.08. The fraction of sp³-hybridized carbons (Fsp3) is 0.143. The van der Waals surface area contributed by atoms with Crippen molar-refractivity contribution in [3.63, 3.8) is 0 Å². The fourth-order valence-electron chi connectivity index (χ4n) is 0.737. The Morgan fingerprint density at radius 2 is 2.33 bits per heavy atom. The van der Waals surface area contributed by atoms with Crippen LogP contribution in [0.4, 0.5) is 5.69 Å². The van der Waals surface area contributed by atoms with Crippen LogP contribution in [0.25, 0.3) is 0 Å². The summed E-state index contributed by atoms with van der Waals surface area (Å²) in [7, 11) is 1.25. The highest BCUT2D eigenvalue weighted by Gasteiger charge is 2.05. The predicted octanol–water partition coefficient (Wildman–Crippen LogP) is -0.256. The Kier molecular flexibility index (Phi) is 2.14. The van der Waals surface area contributed by atoms with E-state index in [4.69, 9.17) is 5.73 Å². The normalized spacial score (nSPS) is 9.42. The number of pyridine rings is 1. The van der Waals surface area contributed by atoms with E-state index in [1.54, 1.807) is 0 Å². The number of carbonyl (C=O) groups excluding carboxylic acids is 1. The minimum absolute atomic E-state index is 0.00194. The number of ether oxygens (including phenoxy) is 1. The Bertz CT molecular complexity index is 356. The number of methoxy groups -OCH3 is 1. The van der Waals surface area contributed by atoms with Crippen molar-refractivity contribution >= 4 is 11.7 Å². The molecule has 0 atom stereocenters. The lowest BCUT2D eigenvalue weighted by molar-refractivity contribution is 0.0600. The van der Waals surface area contributed by atoms with E-state index in [2.05, 4.69) is 9.72 Å². The van der Waals surface area contributed by atoms with Gasteiger partial charge in [0.25, 0.3) is 5.56 Å². The minimum Gasteiger partial charge on any atom is -0.465 e. The first-order valence-corrected chi connectivity index (χ1v) is 3.21. The third-order valence-corrected chi connectivity index (χ3v) is 1.35. The van der Waals surface area contributed by atoms with Gasteiger partial charge in [-0.25, -0.2) is 4.79 Å². The number of carbonyl (C=O) groups is 1. The van der Waals surface area contributed by atoms with Crippen molar-refractivity contribution in [1.29, 1.82) is 0 Å². The quantitative estimate of drug-likeness (QED) is 0.566. The second-order valence-electron chi connectivity index (χ2n) is 2.16. The third-order valence-electron chi connectivity index (χ3n) is 1.35. The first kappa shape index (κ1) is 8.32. The summed E-state index contributed by atoms with van der Waals surface area (Å²) in [6.07, 6.45) is 1.25. The van der Waals surface area contributed by atoms with Crippen molar-refractivity contribution in [2.75, 3.05) is 12.8 Å². The molecule has 0 saturated carbocycles. The average Bonchev–Trinajstić information content (AvgIpc) is 2.08. The van der Waals surface area contributed by atoms with E-state index in [0.717, 1.165) is 0 Å². The van der Waals surface area contributed by atoms with Crippen LogP contribution in [0.3, 0.4) is 0 Å². The van der Waals surface area contributed by atoms with Crippen LogP contribution in [0.1, 0.15) is 10.4 Å². The number of esters is 1. The van der Waals surface area contributed by atoms with Gasteiger partial charge in [-0.2, -0.15) is 0 Å². The van der Waals surface area contributed by atoms with Gasteiger partial charge in [-0.3, -0.25) is 4.79 Å². The predicted molar refractivity (Wildman–Crippen MR) is 42.8 cm³/mol. The molecule has 0 aliphatic heterocycles. The molecule has 0 saturated heterocycles. The van der Waals surface area contributed by atoms with Gasteiger partial charge in [0.15, 0.2) is 0 Å². The summed E-state index contributed by atoms with van der Waals surface area (Å²) < 4.78 is 4.41. The van der Waals surface area contributed by atoms with Gasteiger partial charge >= 0.3 is 5.97 Å². The van der Waals surface area contributed by atoms with Crippen molar-refractivity contribution in [2.24, 2.45) is 0 Å². The number of hydrogen-bond acceptors (Lipinski definition) is 4. The van der Waals surface area contributed by atoms with Crippen LogP contribution in [-0.2, 0) is 4.74 Å². The number of rotatable bonds is 1. The fourth-order valence-corrected chi connectivity index (χ4v) is 0.737. The maximum Gasteiger partial charge on any atom is 0.339 e. The number of nitrogen functional groups attached to an aromatic ring is 1. The molecule has 3 N–H and O–H groups in total. The smallest absolute Gasteiger partial charge is 0.339 e. The monoisotopic (exact) mass is 168 g/mol. The van der Waals surface area contributed by atoms with Crippen LogP contribution in [0, 0.1) is 0 Å². The molecule has 0 spiro atoms. The van der Waals surface area contributed by atoms with Crippen LogP contribution in [0.15, 0.2) is 17.1 Å². The molecule has 5 heteroatoms. The molecule has 0 fully saturated rings. The highest BCUT2D eigenvalue weighted by molar-refractivity contribution is 5.89. The standard InChI is InChI=1S/C7H8N2O3/c1-12-7(11)4-2-5(8)6(10)9-3-4/h2-3H,8H2,1H3,(H,9,10). The number of nitrogens with one attached hydrogen (secondary N) is 1. The van der Waals surface area contributed by atoms with Gasteiger partial charge in [0.2, 0.25) is 0 Å². The van der Waals surface area contributed by atoms with Crippen molar-refractivity contribution in [2.45, 2.75) is 0 Å². The summed E-state index contributed by atoms with van der Waals surface area (Å²) in [5.41, 5.74) is 5.08. The van der Waals surface area contributed by atoms with Gasteiger partial charge < -0.3 is 15.5 Å². The molecule has 0 bridgehead atoms. The zero-order valence-electron chi connectivity index (χ0n) is 6.46. The number of hydrogen-bond donors (Lipinski definition) is 2. The van der Waals surface area contributed by atoms with Crippen molar-refractivity contribution < 1.29 is 9.53 Å². The Morgan fingerprint density at radius 3 is 2.83 bits per heavy atom. The number of aromatic amines is 1. The highest BCUT2D eigenvalue weighted by Crippen LogP contribution is 2.00. The SMILES string of the molecule is COC(=O)c1c[nH]c(=O)c(N)c1. The van der Waals surface area contributed by atoms with Gasteiger partial charge in [0.05, 0.1) is 18.4 Å². The molecule has 0 unspecified atom stereocenters. The molecule has 5 nitrogen and oxygen atoms in total. The Hall–Kier alpha value is -1.78. The summed E-state index contributed by atoms with van der Waals surface area (Å²) in [6.45, 7) is 0. The van der Waals surface area contributed by atoms with Gasteiger partial charge in [-0.1, -0.05) is 0 Å².